The van der Waals surface area contributed by atoms with Gasteiger partial charge in [-0.25, -0.2) is 0 Å². The monoisotopic (exact) mass is 309 g/mol. The van der Waals surface area contributed by atoms with Crippen molar-refractivity contribution < 1.29 is 0 Å². The molecule has 0 aliphatic carbocycles. The van der Waals surface area contributed by atoms with Gasteiger partial charge in [0.15, 0.2) is 0 Å². The van der Waals surface area contributed by atoms with Crippen LogP contribution in [0, 0.1) is 28.1 Å². The van der Waals surface area contributed by atoms with Crippen LogP contribution in [0.15, 0.2) is 12.2 Å². The van der Waals surface area contributed by atoms with Crippen LogP contribution >= 0.6 is 0 Å². The lowest BCUT2D eigenvalue weighted by molar-refractivity contribution is 0.0881. The first kappa shape index (κ1) is 21.7. The molecule has 1 nitrogen and oxygen atoms in total. The van der Waals surface area contributed by atoms with Crippen LogP contribution in [0.1, 0.15) is 89.0 Å². The summed E-state index contributed by atoms with van der Waals surface area (Å²) in [5, 5.41) is 0. The molecule has 0 fully saturated rings. The second-order valence-corrected chi connectivity index (χ2v) is 9.93. The molecule has 132 valence electrons. The van der Waals surface area contributed by atoms with Crippen molar-refractivity contribution in [3.05, 3.63) is 12.2 Å². The fraction of sp³-hybridized carbons (Fsp3) is 0.905. The minimum Gasteiger partial charge on any atom is -0.325 e. The van der Waals surface area contributed by atoms with Gasteiger partial charge in [0.25, 0.3) is 0 Å². The van der Waals surface area contributed by atoms with Crippen molar-refractivity contribution >= 4 is 0 Å². The van der Waals surface area contributed by atoms with E-state index in [1.165, 1.54) is 5.57 Å². The lowest BCUT2D eigenvalue weighted by Crippen LogP contribution is -2.54. The summed E-state index contributed by atoms with van der Waals surface area (Å²) in [4.78, 5) is 0. The van der Waals surface area contributed by atoms with Gasteiger partial charge in [-0.1, -0.05) is 74.5 Å². The Labute approximate surface area is 141 Å². The van der Waals surface area contributed by atoms with Crippen molar-refractivity contribution in [3.63, 3.8) is 0 Å². The third kappa shape index (κ3) is 4.16. The van der Waals surface area contributed by atoms with Gasteiger partial charge in [0, 0.05) is 11.0 Å². The normalized spacial score (nSPS) is 20.4. The highest BCUT2D eigenvalue weighted by molar-refractivity contribution is 5.24. The van der Waals surface area contributed by atoms with E-state index in [4.69, 9.17) is 5.73 Å². The van der Waals surface area contributed by atoms with Gasteiger partial charge in [0.2, 0.25) is 0 Å². The Bertz CT molecular complexity index is 380. The highest BCUT2D eigenvalue weighted by atomic mass is 14.8. The van der Waals surface area contributed by atoms with Crippen molar-refractivity contribution in [1.82, 2.24) is 0 Å². The summed E-state index contributed by atoms with van der Waals surface area (Å²) < 4.78 is 0. The molecule has 0 saturated carbocycles. The van der Waals surface area contributed by atoms with Crippen molar-refractivity contribution in [3.8, 4) is 0 Å². The number of rotatable bonds is 7. The van der Waals surface area contributed by atoms with Crippen molar-refractivity contribution in [1.29, 1.82) is 0 Å². The van der Waals surface area contributed by atoms with Gasteiger partial charge in [0.05, 0.1) is 0 Å². The van der Waals surface area contributed by atoms with Gasteiger partial charge in [-0.3, -0.25) is 0 Å². The molecule has 2 N–H and O–H groups in total. The molecule has 0 aliphatic rings. The SMILES string of the molecule is C=C(C(C)(CC)C(C)C)C(C)(CC(C)C(C)(C)C)C(C)(C)N. The van der Waals surface area contributed by atoms with Crippen molar-refractivity contribution in [2.45, 2.75) is 94.5 Å². The predicted molar refractivity (Wildman–Crippen MR) is 102 cm³/mol. The first-order valence-electron chi connectivity index (χ1n) is 9.02. The van der Waals surface area contributed by atoms with Crippen LogP contribution in [0.4, 0.5) is 0 Å². The van der Waals surface area contributed by atoms with E-state index < -0.39 is 0 Å². The zero-order chi connectivity index (χ0) is 18.1. The highest BCUT2D eigenvalue weighted by Gasteiger charge is 2.48. The minimum atomic E-state index is -0.283. The first-order valence-corrected chi connectivity index (χ1v) is 9.02. The van der Waals surface area contributed by atoms with E-state index in [1.54, 1.807) is 0 Å². The summed E-state index contributed by atoms with van der Waals surface area (Å²) in [6, 6.07) is 0. The van der Waals surface area contributed by atoms with Crippen LogP contribution in [-0.2, 0) is 0 Å². The molecule has 1 heteroatoms. The van der Waals surface area contributed by atoms with E-state index in [-0.39, 0.29) is 21.8 Å². The summed E-state index contributed by atoms with van der Waals surface area (Å²) in [5.74, 6) is 1.15. The van der Waals surface area contributed by atoms with Gasteiger partial charge in [-0.05, 0) is 49.4 Å². The standard InChI is InChI=1S/C21H43N/c1-13-20(11,15(2)3)17(5)21(12,19(9,10)22)14-16(4)18(6,7)8/h15-16H,5,13-14,22H2,1-4,6-12H3. The third-order valence-corrected chi connectivity index (χ3v) is 6.98. The maximum atomic E-state index is 6.70. The molecule has 0 saturated heterocycles. The van der Waals surface area contributed by atoms with E-state index in [1.807, 2.05) is 0 Å². The second-order valence-electron chi connectivity index (χ2n) is 9.93. The average Bonchev–Trinajstić information content (AvgIpc) is 2.33. The number of hydrogen-bond donors (Lipinski definition) is 1. The summed E-state index contributed by atoms with van der Waals surface area (Å²) >= 11 is 0. The fourth-order valence-corrected chi connectivity index (χ4v) is 3.29. The Morgan fingerprint density at radius 2 is 1.36 bits per heavy atom. The molecule has 0 radical (unpaired) electrons. The molecule has 22 heavy (non-hydrogen) atoms. The quantitative estimate of drug-likeness (QED) is 0.539. The van der Waals surface area contributed by atoms with Gasteiger partial charge in [-0.15, -0.1) is 0 Å². The molecule has 0 aromatic heterocycles. The van der Waals surface area contributed by atoms with Crippen LogP contribution in [0.5, 0.6) is 0 Å². The van der Waals surface area contributed by atoms with Crippen molar-refractivity contribution in [2.75, 3.05) is 0 Å². The molecule has 0 rings (SSSR count). The molecule has 0 heterocycles. The van der Waals surface area contributed by atoms with Gasteiger partial charge >= 0.3 is 0 Å². The van der Waals surface area contributed by atoms with Crippen LogP contribution in [0.3, 0.4) is 0 Å². The largest absolute Gasteiger partial charge is 0.325 e. The smallest absolute Gasteiger partial charge is 0.0189 e. The average molecular weight is 310 g/mol. The topological polar surface area (TPSA) is 26.0 Å². The van der Waals surface area contributed by atoms with E-state index >= 15 is 0 Å². The molecule has 0 aromatic carbocycles. The van der Waals surface area contributed by atoms with Crippen LogP contribution in [0.2, 0.25) is 0 Å². The molecule has 0 bridgehead atoms. The fourth-order valence-electron chi connectivity index (χ4n) is 3.29. The van der Waals surface area contributed by atoms with E-state index in [2.05, 4.69) is 82.7 Å². The Balaban J connectivity index is 5.89. The van der Waals surface area contributed by atoms with Crippen LogP contribution < -0.4 is 5.73 Å². The molecule has 0 aromatic rings. The molecular weight excluding hydrogens is 266 g/mol. The molecule has 0 amide bonds. The lowest BCUT2D eigenvalue weighted by Gasteiger charge is -2.53. The lowest BCUT2D eigenvalue weighted by atomic mass is 9.54. The minimum absolute atomic E-state index is 0.0747. The molecular formula is C21H43N. The molecule has 0 spiro atoms. The Hall–Kier alpha value is -0.300. The molecule has 3 atom stereocenters. The predicted octanol–water partition coefficient (Wildman–Crippen LogP) is 6.43. The summed E-state index contributed by atoms with van der Waals surface area (Å²) in [6.07, 6.45) is 2.19. The Morgan fingerprint density at radius 1 is 0.955 bits per heavy atom. The summed E-state index contributed by atoms with van der Waals surface area (Å²) in [7, 11) is 0. The number of hydrogen-bond acceptors (Lipinski definition) is 1. The highest BCUT2D eigenvalue weighted by Crippen LogP contribution is 2.54. The zero-order valence-electron chi connectivity index (χ0n) is 17.4. The maximum absolute atomic E-state index is 6.70. The summed E-state index contributed by atoms with van der Waals surface area (Å²) in [5.41, 5.74) is 8.09. The number of nitrogens with two attached hydrogens (primary N) is 1. The zero-order valence-corrected chi connectivity index (χ0v) is 17.4. The van der Waals surface area contributed by atoms with Crippen LogP contribution in [-0.4, -0.2) is 5.54 Å². The maximum Gasteiger partial charge on any atom is 0.0189 e. The first-order chi connectivity index (χ1) is 9.54. The van der Waals surface area contributed by atoms with Gasteiger partial charge < -0.3 is 5.73 Å². The van der Waals surface area contributed by atoms with Gasteiger partial charge in [-0.2, -0.15) is 0 Å². The van der Waals surface area contributed by atoms with E-state index in [0.717, 1.165) is 12.8 Å². The second kappa shape index (κ2) is 6.67. The molecule has 3 unspecified atom stereocenters. The van der Waals surface area contributed by atoms with Crippen LogP contribution in [0.25, 0.3) is 0 Å². The third-order valence-electron chi connectivity index (χ3n) is 6.98. The van der Waals surface area contributed by atoms with Crippen molar-refractivity contribution in [2.24, 2.45) is 33.8 Å². The Morgan fingerprint density at radius 3 is 1.59 bits per heavy atom. The van der Waals surface area contributed by atoms with E-state index in [0.29, 0.717) is 11.8 Å². The van der Waals surface area contributed by atoms with Gasteiger partial charge in [0.1, 0.15) is 0 Å². The molecule has 0 aliphatic heterocycles. The Kier molecular flexibility index (Phi) is 6.58. The van der Waals surface area contributed by atoms with E-state index in [9.17, 15) is 0 Å². The summed E-state index contributed by atoms with van der Waals surface area (Å²) in [6.45, 7) is 29.9.